The van der Waals surface area contributed by atoms with E-state index >= 15 is 0 Å². The third kappa shape index (κ3) is 6.63. The fraction of sp³-hybridized carbons (Fsp3) is 0.400. The molecule has 0 atom stereocenters. The summed E-state index contributed by atoms with van der Waals surface area (Å²) < 4.78 is 10.7. The smallest absolute Gasteiger partial charge is 0.253 e. The van der Waals surface area contributed by atoms with Gasteiger partial charge in [0.15, 0.2) is 0 Å². The van der Waals surface area contributed by atoms with Crippen LogP contribution in [-0.4, -0.2) is 37.7 Å². The molecule has 2 rings (SSSR count). The molecule has 1 aromatic carbocycles. The van der Waals surface area contributed by atoms with Gasteiger partial charge in [-0.1, -0.05) is 13.8 Å². The van der Waals surface area contributed by atoms with Crippen molar-refractivity contribution in [2.45, 2.75) is 20.3 Å². The number of anilines is 1. The van der Waals surface area contributed by atoms with Crippen LogP contribution in [0.1, 0.15) is 30.6 Å². The van der Waals surface area contributed by atoms with Crippen LogP contribution in [0.15, 0.2) is 42.7 Å². The number of aromatic nitrogens is 1. The lowest BCUT2D eigenvalue weighted by Gasteiger charge is -2.10. The summed E-state index contributed by atoms with van der Waals surface area (Å²) >= 11 is 0. The summed E-state index contributed by atoms with van der Waals surface area (Å²) in [6.45, 7) is 6.02. The van der Waals surface area contributed by atoms with Crippen molar-refractivity contribution >= 4 is 11.6 Å². The number of rotatable bonds is 10. The summed E-state index contributed by atoms with van der Waals surface area (Å²) in [7, 11) is 1.62. The minimum Gasteiger partial charge on any atom is -0.497 e. The van der Waals surface area contributed by atoms with E-state index in [1.807, 2.05) is 30.3 Å². The molecule has 6 nitrogen and oxygen atoms in total. The van der Waals surface area contributed by atoms with E-state index in [1.54, 1.807) is 19.5 Å². The van der Waals surface area contributed by atoms with Crippen molar-refractivity contribution in [2.24, 2.45) is 5.92 Å². The maximum Gasteiger partial charge on any atom is 0.253 e. The highest BCUT2D eigenvalue weighted by molar-refractivity contribution is 5.94. The van der Waals surface area contributed by atoms with Gasteiger partial charge in [-0.25, -0.2) is 0 Å². The molecule has 26 heavy (non-hydrogen) atoms. The number of benzene rings is 1. The van der Waals surface area contributed by atoms with Crippen LogP contribution in [0.3, 0.4) is 0 Å². The van der Waals surface area contributed by atoms with Gasteiger partial charge in [-0.3, -0.25) is 9.78 Å². The Bertz CT molecular complexity index is 687. The zero-order valence-electron chi connectivity index (χ0n) is 15.6. The molecule has 0 saturated carbocycles. The van der Waals surface area contributed by atoms with Crippen LogP contribution in [0.4, 0.5) is 5.69 Å². The molecule has 6 heteroatoms. The van der Waals surface area contributed by atoms with Crippen LogP contribution in [0, 0.1) is 5.92 Å². The third-order valence-electron chi connectivity index (χ3n) is 3.77. The van der Waals surface area contributed by atoms with Crippen molar-refractivity contribution in [1.29, 1.82) is 0 Å². The number of nitrogens with zero attached hydrogens (tertiary/aromatic N) is 1. The second-order valence-electron chi connectivity index (χ2n) is 6.35. The highest BCUT2D eigenvalue weighted by atomic mass is 16.5. The molecule has 0 spiro atoms. The fourth-order valence-electron chi connectivity index (χ4n) is 2.27. The molecule has 1 heterocycles. The first-order valence-electron chi connectivity index (χ1n) is 8.82. The first kappa shape index (κ1) is 19.6. The van der Waals surface area contributed by atoms with Gasteiger partial charge in [0.1, 0.15) is 18.1 Å². The number of carbonyl (C=O) groups excluding carboxylic acids is 1. The number of amides is 1. The number of hydrogen-bond donors (Lipinski definition) is 2. The Morgan fingerprint density at radius 2 is 1.85 bits per heavy atom. The highest BCUT2D eigenvalue weighted by Gasteiger charge is 2.07. The molecule has 0 saturated heterocycles. The van der Waals surface area contributed by atoms with Crippen LogP contribution >= 0.6 is 0 Å². The largest absolute Gasteiger partial charge is 0.497 e. The average Bonchev–Trinajstić information content (AvgIpc) is 2.65. The normalized spacial score (nSPS) is 10.5. The van der Waals surface area contributed by atoms with E-state index in [0.717, 1.165) is 30.2 Å². The molecule has 2 N–H and O–H groups in total. The molecule has 0 radical (unpaired) electrons. The van der Waals surface area contributed by atoms with Crippen molar-refractivity contribution in [3.8, 4) is 11.5 Å². The Labute approximate surface area is 154 Å². The van der Waals surface area contributed by atoms with Crippen molar-refractivity contribution in [3.05, 3.63) is 48.3 Å². The molecule has 1 aromatic heterocycles. The standard InChI is InChI=1S/C20H27N3O3/c1-15(2)8-9-22-17-12-16(13-21-14-17)20(24)23-10-11-26-19-6-4-18(25-3)5-7-19/h4-7,12-15,22H,8-11H2,1-3H3,(H,23,24). The third-order valence-corrected chi connectivity index (χ3v) is 3.77. The lowest BCUT2D eigenvalue weighted by Crippen LogP contribution is -2.28. The second-order valence-corrected chi connectivity index (χ2v) is 6.35. The molecular formula is C20H27N3O3. The van der Waals surface area contributed by atoms with Gasteiger partial charge in [0, 0.05) is 18.9 Å². The van der Waals surface area contributed by atoms with Gasteiger partial charge >= 0.3 is 0 Å². The van der Waals surface area contributed by atoms with E-state index in [4.69, 9.17) is 9.47 Å². The molecule has 2 aromatic rings. The van der Waals surface area contributed by atoms with Gasteiger partial charge in [-0.05, 0) is 42.7 Å². The molecule has 0 fully saturated rings. The van der Waals surface area contributed by atoms with E-state index in [9.17, 15) is 4.79 Å². The summed E-state index contributed by atoms with van der Waals surface area (Å²) in [6, 6.07) is 9.13. The highest BCUT2D eigenvalue weighted by Crippen LogP contribution is 2.16. The van der Waals surface area contributed by atoms with Crippen LogP contribution in [0.25, 0.3) is 0 Å². The maximum atomic E-state index is 12.2. The number of methoxy groups -OCH3 is 1. The number of nitrogens with one attached hydrogen (secondary N) is 2. The number of carbonyl (C=O) groups is 1. The monoisotopic (exact) mass is 357 g/mol. The van der Waals surface area contributed by atoms with E-state index < -0.39 is 0 Å². The number of pyridine rings is 1. The average molecular weight is 357 g/mol. The van der Waals surface area contributed by atoms with Crippen molar-refractivity contribution in [3.63, 3.8) is 0 Å². The summed E-state index contributed by atoms with van der Waals surface area (Å²) in [5, 5.41) is 6.13. The first-order valence-corrected chi connectivity index (χ1v) is 8.82. The van der Waals surface area contributed by atoms with E-state index in [2.05, 4.69) is 29.5 Å². The van der Waals surface area contributed by atoms with Crippen LogP contribution < -0.4 is 20.1 Å². The van der Waals surface area contributed by atoms with E-state index in [1.165, 1.54) is 0 Å². The Morgan fingerprint density at radius 1 is 1.12 bits per heavy atom. The molecule has 0 unspecified atom stereocenters. The Hall–Kier alpha value is -2.76. The van der Waals surface area contributed by atoms with Crippen molar-refractivity contribution < 1.29 is 14.3 Å². The zero-order valence-corrected chi connectivity index (χ0v) is 15.6. The van der Waals surface area contributed by atoms with Crippen LogP contribution in [-0.2, 0) is 0 Å². The summed E-state index contributed by atoms with van der Waals surface area (Å²) in [5.74, 6) is 1.98. The first-order chi connectivity index (χ1) is 12.6. The Kier molecular flexibility index (Phi) is 7.74. The zero-order chi connectivity index (χ0) is 18.8. The van der Waals surface area contributed by atoms with Crippen LogP contribution in [0.5, 0.6) is 11.5 Å². The van der Waals surface area contributed by atoms with Gasteiger partial charge < -0.3 is 20.1 Å². The second kappa shape index (κ2) is 10.3. The van der Waals surface area contributed by atoms with Crippen molar-refractivity contribution in [2.75, 3.05) is 32.1 Å². The fourth-order valence-corrected chi connectivity index (χ4v) is 2.27. The number of ether oxygens (including phenoxy) is 2. The minimum atomic E-state index is -0.164. The predicted octanol–water partition coefficient (Wildman–Crippen LogP) is 3.36. The van der Waals surface area contributed by atoms with Gasteiger partial charge in [-0.2, -0.15) is 0 Å². The minimum absolute atomic E-state index is 0.164. The Balaban J connectivity index is 1.74. The predicted molar refractivity (Wildman–Crippen MR) is 103 cm³/mol. The lowest BCUT2D eigenvalue weighted by atomic mass is 10.1. The molecule has 0 aliphatic rings. The van der Waals surface area contributed by atoms with E-state index in [-0.39, 0.29) is 5.91 Å². The van der Waals surface area contributed by atoms with Crippen molar-refractivity contribution in [1.82, 2.24) is 10.3 Å². The van der Waals surface area contributed by atoms with Gasteiger partial charge in [0.2, 0.25) is 0 Å². The molecule has 0 aliphatic heterocycles. The molecule has 1 amide bonds. The molecule has 0 aliphatic carbocycles. The Morgan fingerprint density at radius 3 is 2.54 bits per heavy atom. The topological polar surface area (TPSA) is 72.5 Å². The molecule has 0 bridgehead atoms. The number of hydrogen-bond acceptors (Lipinski definition) is 5. The summed E-state index contributed by atoms with van der Waals surface area (Å²) in [4.78, 5) is 16.4. The van der Waals surface area contributed by atoms with E-state index in [0.29, 0.717) is 24.6 Å². The van der Waals surface area contributed by atoms with Gasteiger partial charge in [-0.15, -0.1) is 0 Å². The lowest BCUT2D eigenvalue weighted by molar-refractivity contribution is 0.0946. The van der Waals surface area contributed by atoms with Gasteiger partial charge in [0.25, 0.3) is 5.91 Å². The maximum absolute atomic E-state index is 12.2. The van der Waals surface area contributed by atoms with Gasteiger partial charge in [0.05, 0.1) is 24.9 Å². The SMILES string of the molecule is COc1ccc(OCCNC(=O)c2cncc(NCCC(C)C)c2)cc1. The summed E-state index contributed by atoms with van der Waals surface area (Å²) in [6.07, 6.45) is 4.36. The van der Waals surface area contributed by atoms with Crippen LogP contribution in [0.2, 0.25) is 0 Å². The summed E-state index contributed by atoms with van der Waals surface area (Å²) in [5.41, 5.74) is 1.39. The quantitative estimate of drug-likeness (QED) is 0.638. The molecular weight excluding hydrogens is 330 g/mol. The molecule has 140 valence electrons.